The molecule has 0 saturated heterocycles. The van der Waals surface area contributed by atoms with Gasteiger partial charge in [-0.15, -0.1) is 0 Å². The van der Waals surface area contributed by atoms with Gasteiger partial charge in [0.25, 0.3) is 0 Å². The summed E-state index contributed by atoms with van der Waals surface area (Å²) in [5.74, 6) is 1.51. The zero-order valence-corrected chi connectivity index (χ0v) is 13.6. The standard InChI is InChI=1S/C17H25N5/c1-14-6-4-7-15(12-14)13-20-17-19-10-8-16(21-17)18-9-5-11-22(2)3/h4,6-8,10,12H,5,9,11,13H2,1-3H3,(H2,18,19,20,21). The lowest BCUT2D eigenvalue weighted by Gasteiger charge is -2.11. The summed E-state index contributed by atoms with van der Waals surface area (Å²) in [6.07, 6.45) is 2.86. The monoisotopic (exact) mass is 299 g/mol. The molecule has 5 nitrogen and oxygen atoms in total. The Balaban J connectivity index is 1.83. The predicted octanol–water partition coefficient (Wildman–Crippen LogP) is 2.76. The van der Waals surface area contributed by atoms with Gasteiger partial charge in [0.15, 0.2) is 0 Å². The van der Waals surface area contributed by atoms with Gasteiger partial charge in [0.1, 0.15) is 5.82 Å². The summed E-state index contributed by atoms with van der Waals surface area (Å²) in [6, 6.07) is 10.3. The van der Waals surface area contributed by atoms with Crippen LogP contribution in [0.3, 0.4) is 0 Å². The average molecular weight is 299 g/mol. The van der Waals surface area contributed by atoms with Crippen molar-refractivity contribution in [1.82, 2.24) is 14.9 Å². The first kappa shape index (κ1) is 16.2. The fourth-order valence-electron chi connectivity index (χ4n) is 2.16. The molecule has 1 heterocycles. The second-order valence-electron chi connectivity index (χ2n) is 5.69. The fraction of sp³-hybridized carbons (Fsp3) is 0.412. The van der Waals surface area contributed by atoms with Crippen LogP contribution in [0.25, 0.3) is 0 Å². The van der Waals surface area contributed by atoms with Crippen LogP contribution in [-0.2, 0) is 6.54 Å². The number of aromatic nitrogens is 2. The van der Waals surface area contributed by atoms with Gasteiger partial charge in [-0.2, -0.15) is 4.98 Å². The van der Waals surface area contributed by atoms with Crippen molar-refractivity contribution >= 4 is 11.8 Å². The van der Waals surface area contributed by atoms with Crippen molar-refractivity contribution in [2.24, 2.45) is 0 Å². The van der Waals surface area contributed by atoms with E-state index < -0.39 is 0 Å². The van der Waals surface area contributed by atoms with E-state index in [1.807, 2.05) is 6.07 Å². The van der Waals surface area contributed by atoms with E-state index in [0.29, 0.717) is 5.95 Å². The van der Waals surface area contributed by atoms with Gasteiger partial charge in [-0.3, -0.25) is 0 Å². The van der Waals surface area contributed by atoms with E-state index in [1.54, 1.807) is 6.20 Å². The number of aryl methyl sites for hydroxylation is 1. The number of nitrogens with zero attached hydrogens (tertiary/aromatic N) is 3. The van der Waals surface area contributed by atoms with E-state index in [9.17, 15) is 0 Å². The van der Waals surface area contributed by atoms with Crippen LogP contribution in [0.5, 0.6) is 0 Å². The van der Waals surface area contributed by atoms with Crippen molar-refractivity contribution in [3.8, 4) is 0 Å². The van der Waals surface area contributed by atoms with Gasteiger partial charge >= 0.3 is 0 Å². The molecule has 0 atom stereocenters. The van der Waals surface area contributed by atoms with E-state index in [2.05, 4.69) is 70.8 Å². The summed E-state index contributed by atoms with van der Waals surface area (Å²) in [7, 11) is 4.16. The third-order valence-corrected chi connectivity index (χ3v) is 3.28. The second kappa shape index (κ2) is 8.34. The van der Waals surface area contributed by atoms with Crippen LogP contribution in [0.4, 0.5) is 11.8 Å². The molecule has 1 aromatic carbocycles. The molecule has 2 rings (SSSR count). The number of hydrogen-bond acceptors (Lipinski definition) is 5. The van der Waals surface area contributed by atoms with E-state index >= 15 is 0 Å². The van der Waals surface area contributed by atoms with Gasteiger partial charge in [0, 0.05) is 19.3 Å². The Bertz CT molecular complexity index is 583. The maximum Gasteiger partial charge on any atom is 0.224 e. The third-order valence-electron chi connectivity index (χ3n) is 3.28. The lowest BCUT2D eigenvalue weighted by molar-refractivity contribution is 0.405. The van der Waals surface area contributed by atoms with Crippen molar-refractivity contribution in [2.45, 2.75) is 19.9 Å². The molecule has 0 amide bonds. The van der Waals surface area contributed by atoms with Crippen molar-refractivity contribution in [2.75, 3.05) is 37.8 Å². The third kappa shape index (κ3) is 5.69. The Morgan fingerprint density at radius 1 is 1.14 bits per heavy atom. The molecule has 0 aliphatic carbocycles. The van der Waals surface area contributed by atoms with E-state index in [-0.39, 0.29) is 0 Å². The Hall–Kier alpha value is -2.14. The van der Waals surface area contributed by atoms with Crippen LogP contribution < -0.4 is 10.6 Å². The molecule has 0 aliphatic heterocycles. The van der Waals surface area contributed by atoms with E-state index in [0.717, 1.165) is 31.9 Å². The van der Waals surface area contributed by atoms with Crippen LogP contribution >= 0.6 is 0 Å². The molecular formula is C17H25N5. The Kier molecular flexibility index (Phi) is 6.15. The molecule has 0 fully saturated rings. The SMILES string of the molecule is Cc1cccc(CNc2nccc(NCCCN(C)C)n2)c1. The molecule has 118 valence electrons. The highest BCUT2D eigenvalue weighted by Gasteiger charge is 2.00. The van der Waals surface area contributed by atoms with Gasteiger partial charge < -0.3 is 15.5 Å². The minimum absolute atomic E-state index is 0.652. The van der Waals surface area contributed by atoms with Crippen molar-refractivity contribution in [3.05, 3.63) is 47.7 Å². The number of anilines is 2. The van der Waals surface area contributed by atoms with E-state index in [1.165, 1.54) is 11.1 Å². The molecule has 0 bridgehead atoms. The maximum atomic E-state index is 4.48. The Labute approximate surface area is 132 Å². The lowest BCUT2D eigenvalue weighted by Crippen LogP contribution is -2.16. The Morgan fingerprint density at radius 3 is 2.77 bits per heavy atom. The molecule has 2 aromatic rings. The zero-order chi connectivity index (χ0) is 15.8. The number of rotatable bonds is 8. The number of nitrogens with one attached hydrogen (secondary N) is 2. The first-order valence-corrected chi connectivity index (χ1v) is 7.64. The molecule has 2 N–H and O–H groups in total. The minimum atomic E-state index is 0.652. The van der Waals surface area contributed by atoms with Crippen LogP contribution in [0.1, 0.15) is 17.5 Å². The predicted molar refractivity (Wildman–Crippen MR) is 92.2 cm³/mol. The summed E-state index contributed by atoms with van der Waals surface area (Å²) < 4.78 is 0. The van der Waals surface area contributed by atoms with Gasteiger partial charge in [0.05, 0.1) is 0 Å². The van der Waals surface area contributed by atoms with Crippen LogP contribution in [0.2, 0.25) is 0 Å². The molecule has 1 aromatic heterocycles. The zero-order valence-electron chi connectivity index (χ0n) is 13.6. The molecule has 0 aliphatic rings. The average Bonchev–Trinajstić information content (AvgIpc) is 2.50. The summed E-state index contributed by atoms with van der Waals surface area (Å²) in [6.45, 7) is 4.80. The molecule has 0 spiro atoms. The first-order valence-electron chi connectivity index (χ1n) is 7.64. The normalized spacial score (nSPS) is 10.7. The quantitative estimate of drug-likeness (QED) is 0.734. The molecule has 22 heavy (non-hydrogen) atoms. The molecule has 0 unspecified atom stereocenters. The van der Waals surface area contributed by atoms with E-state index in [4.69, 9.17) is 0 Å². The lowest BCUT2D eigenvalue weighted by atomic mass is 10.1. The molecule has 0 saturated carbocycles. The van der Waals surface area contributed by atoms with Crippen molar-refractivity contribution in [3.63, 3.8) is 0 Å². The maximum absolute atomic E-state index is 4.48. The smallest absolute Gasteiger partial charge is 0.224 e. The Morgan fingerprint density at radius 2 is 2.00 bits per heavy atom. The summed E-state index contributed by atoms with van der Waals surface area (Å²) in [4.78, 5) is 10.9. The van der Waals surface area contributed by atoms with Gasteiger partial charge in [0.2, 0.25) is 5.95 Å². The van der Waals surface area contributed by atoms with Crippen molar-refractivity contribution < 1.29 is 0 Å². The summed E-state index contributed by atoms with van der Waals surface area (Å²) in [5, 5.41) is 6.60. The minimum Gasteiger partial charge on any atom is -0.370 e. The van der Waals surface area contributed by atoms with Crippen LogP contribution in [-0.4, -0.2) is 42.1 Å². The second-order valence-corrected chi connectivity index (χ2v) is 5.69. The highest BCUT2D eigenvalue weighted by molar-refractivity contribution is 5.40. The first-order chi connectivity index (χ1) is 10.6. The van der Waals surface area contributed by atoms with Crippen LogP contribution in [0, 0.1) is 6.92 Å². The largest absolute Gasteiger partial charge is 0.370 e. The molecular weight excluding hydrogens is 274 g/mol. The molecule has 5 heteroatoms. The topological polar surface area (TPSA) is 53.1 Å². The summed E-state index contributed by atoms with van der Waals surface area (Å²) in [5.41, 5.74) is 2.49. The highest BCUT2D eigenvalue weighted by atomic mass is 15.1. The number of benzene rings is 1. The van der Waals surface area contributed by atoms with Crippen LogP contribution in [0.15, 0.2) is 36.5 Å². The fourth-order valence-corrected chi connectivity index (χ4v) is 2.16. The van der Waals surface area contributed by atoms with Gasteiger partial charge in [-0.05, 0) is 45.6 Å². The highest BCUT2D eigenvalue weighted by Crippen LogP contribution is 2.09. The van der Waals surface area contributed by atoms with Gasteiger partial charge in [-0.1, -0.05) is 29.8 Å². The number of hydrogen-bond donors (Lipinski definition) is 2. The summed E-state index contributed by atoms with van der Waals surface area (Å²) >= 11 is 0. The van der Waals surface area contributed by atoms with Crippen molar-refractivity contribution in [1.29, 1.82) is 0 Å². The molecule has 0 radical (unpaired) electrons. The van der Waals surface area contributed by atoms with Gasteiger partial charge in [-0.25, -0.2) is 4.98 Å².